The fourth-order valence-corrected chi connectivity index (χ4v) is 3.38. The molecule has 0 atom stereocenters. The molecule has 3 amide bonds. The normalized spacial score (nSPS) is 10.3. The molecule has 142 valence electrons. The Bertz CT molecular complexity index is 1010. The van der Waals surface area contributed by atoms with E-state index in [1.54, 1.807) is 55.5 Å². The Hall–Kier alpha value is -3.45. The third-order valence-electron chi connectivity index (χ3n) is 4.18. The van der Waals surface area contributed by atoms with Crippen molar-refractivity contribution in [1.82, 2.24) is 5.32 Å². The highest BCUT2D eigenvalue weighted by molar-refractivity contribution is 7.12. The molecule has 0 aliphatic carbocycles. The highest BCUT2D eigenvalue weighted by Gasteiger charge is 2.14. The number of aryl methyl sites for hydroxylation is 1. The number of amides is 3. The van der Waals surface area contributed by atoms with Crippen LogP contribution in [0.4, 0.5) is 5.69 Å². The number of benzene rings is 2. The average molecular weight is 393 g/mol. The standard InChI is InChI=1S/C21H19N3O3S/c1-13-4-2-5-16(18(13)19(22)25)24-20(26)15-9-7-14(8-10-15)12-23-21(27)17-6-3-11-28-17/h2-11H,12H2,1H3,(H2,22,25)(H,23,27)(H,24,26). The van der Waals surface area contributed by atoms with E-state index in [1.807, 2.05) is 11.4 Å². The fourth-order valence-electron chi connectivity index (χ4n) is 2.74. The second-order valence-corrected chi connectivity index (χ2v) is 7.12. The molecular formula is C21H19N3O3S. The van der Waals surface area contributed by atoms with E-state index in [4.69, 9.17) is 5.73 Å². The molecule has 28 heavy (non-hydrogen) atoms. The first-order valence-corrected chi connectivity index (χ1v) is 9.45. The number of carbonyl (C=O) groups excluding carboxylic acids is 3. The quantitative estimate of drug-likeness (QED) is 0.599. The molecule has 0 bridgehead atoms. The Morgan fingerprint density at radius 2 is 1.71 bits per heavy atom. The van der Waals surface area contributed by atoms with E-state index in [0.717, 1.165) is 5.56 Å². The van der Waals surface area contributed by atoms with Gasteiger partial charge in [-0.15, -0.1) is 11.3 Å². The lowest BCUT2D eigenvalue weighted by atomic mass is 10.1. The van der Waals surface area contributed by atoms with Crippen LogP contribution in [0.15, 0.2) is 60.0 Å². The van der Waals surface area contributed by atoms with E-state index >= 15 is 0 Å². The molecule has 1 aromatic heterocycles. The Morgan fingerprint density at radius 1 is 0.964 bits per heavy atom. The number of rotatable bonds is 6. The minimum Gasteiger partial charge on any atom is -0.366 e. The van der Waals surface area contributed by atoms with Gasteiger partial charge in [-0.25, -0.2) is 0 Å². The molecule has 0 saturated carbocycles. The second-order valence-electron chi connectivity index (χ2n) is 6.17. The Kier molecular flexibility index (Phi) is 5.86. The van der Waals surface area contributed by atoms with Gasteiger partial charge in [0.15, 0.2) is 0 Å². The lowest BCUT2D eigenvalue weighted by molar-refractivity contribution is 0.0952. The van der Waals surface area contributed by atoms with E-state index in [0.29, 0.717) is 33.8 Å². The number of carbonyl (C=O) groups is 3. The molecule has 2 aromatic carbocycles. The molecule has 0 spiro atoms. The number of primary amides is 1. The molecule has 0 unspecified atom stereocenters. The zero-order valence-electron chi connectivity index (χ0n) is 15.2. The topological polar surface area (TPSA) is 101 Å². The number of hydrogen-bond acceptors (Lipinski definition) is 4. The molecule has 6 nitrogen and oxygen atoms in total. The van der Waals surface area contributed by atoms with Gasteiger partial charge in [0.1, 0.15) is 0 Å². The summed E-state index contributed by atoms with van der Waals surface area (Å²) < 4.78 is 0. The maximum atomic E-state index is 12.5. The van der Waals surface area contributed by atoms with Crippen LogP contribution in [-0.4, -0.2) is 17.7 Å². The van der Waals surface area contributed by atoms with Gasteiger partial charge in [0.05, 0.1) is 16.1 Å². The molecule has 0 aliphatic heterocycles. The van der Waals surface area contributed by atoms with Crippen molar-refractivity contribution < 1.29 is 14.4 Å². The molecule has 4 N–H and O–H groups in total. The summed E-state index contributed by atoms with van der Waals surface area (Å²) in [6.07, 6.45) is 0. The summed E-state index contributed by atoms with van der Waals surface area (Å²) in [7, 11) is 0. The average Bonchev–Trinajstić information content (AvgIpc) is 3.21. The van der Waals surface area contributed by atoms with E-state index in [9.17, 15) is 14.4 Å². The summed E-state index contributed by atoms with van der Waals surface area (Å²) in [5.41, 5.74) is 8.10. The Balaban J connectivity index is 1.65. The zero-order valence-corrected chi connectivity index (χ0v) is 16.0. The van der Waals surface area contributed by atoms with Crippen LogP contribution in [0.3, 0.4) is 0 Å². The minimum atomic E-state index is -0.592. The second kappa shape index (κ2) is 8.49. The molecule has 7 heteroatoms. The lowest BCUT2D eigenvalue weighted by Crippen LogP contribution is -2.22. The zero-order chi connectivity index (χ0) is 20.1. The van der Waals surface area contributed by atoms with Crippen molar-refractivity contribution in [2.75, 3.05) is 5.32 Å². The monoisotopic (exact) mass is 393 g/mol. The molecule has 0 radical (unpaired) electrons. The fraction of sp³-hybridized carbons (Fsp3) is 0.0952. The molecule has 3 rings (SSSR count). The molecule has 0 saturated heterocycles. The van der Waals surface area contributed by atoms with Gasteiger partial charge in [0.2, 0.25) is 0 Å². The van der Waals surface area contributed by atoms with Gasteiger partial charge < -0.3 is 16.4 Å². The largest absolute Gasteiger partial charge is 0.366 e. The smallest absolute Gasteiger partial charge is 0.261 e. The maximum absolute atomic E-state index is 12.5. The number of hydrogen-bond donors (Lipinski definition) is 3. The van der Waals surface area contributed by atoms with Gasteiger partial charge >= 0.3 is 0 Å². The van der Waals surface area contributed by atoms with Gasteiger partial charge in [-0.3, -0.25) is 14.4 Å². The number of nitrogens with one attached hydrogen (secondary N) is 2. The van der Waals surface area contributed by atoms with E-state index in [1.165, 1.54) is 11.3 Å². The molecule has 1 heterocycles. The van der Waals surface area contributed by atoms with Crippen LogP contribution in [0.1, 0.15) is 41.5 Å². The van der Waals surface area contributed by atoms with Crippen molar-refractivity contribution in [3.8, 4) is 0 Å². The van der Waals surface area contributed by atoms with Crippen LogP contribution in [0.5, 0.6) is 0 Å². The summed E-state index contributed by atoms with van der Waals surface area (Å²) in [6.45, 7) is 2.12. The minimum absolute atomic E-state index is 0.129. The summed E-state index contributed by atoms with van der Waals surface area (Å²) in [4.78, 5) is 36.8. The van der Waals surface area contributed by atoms with Crippen molar-refractivity contribution in [3.63, 3.8) is 0 Å². The summed E-state index contributed by atoms with van der Waals surface area (Å²) in [5.74, 6) is -1.07. The maximum Gasteiger partial charge on any atom is 0.261 e. The van der Waals surface area contributed by atoms with Gasteiger partial charge in [-0.2, -0.15) is 0 Å². The predicted octanol–water partition coefficient (Wildman–Crippen LogP) is 3.34. The summed E-state index contributed by atoms with van der Waals surface area (Å²) >= 11 is 1.38. The summed E-state index contributed by atoms with van der Waals surface area (Å²) in [5, 5.41) is 7.41. The van der Waals surface area contributed by atoms with Gasteiger partial charge in [0.25, 0.3) is 17.7 Å². The number of thiophene rings is 1. The summed E-state index contributed by atoms with van der Waals surface area (Å²) in [6, 6.07) is 15.6. The van der Waals surface area contributed by atoms with Crippen molar-refractivity contribution in [3.05, 3.63) is 87.1 Å². The highest BCUT2D eigenvalue weighted by Crippen LogP contribution is 2.20. The first-order valence-electron chi connectivity index (χ1n) is 8.57. The third-order valence-corrected chi connectivity index (χ3v) is 5.05. The predicted molar refractivity (Wildman–Crippen MR) is 110 cm³/mol. The van der Waals surface area contributed by atoms with Crippen molar-refractivity contribution in [2.24, 2.45) is 5.73 Å². The van der Waals surface area contributed by atoms with Gasteiger partial charge in [-0.05, 0) is 47.7 Å². The Morgan fingerprint density at radius 3 is 2.36 bits per heavy atom. The Labute approximate surface area is 166 Å². The molecule has 0 aliphatic rings. The van der Waals surface area contributed by atoms with Crippen molar-refractivity contribution in [2.45, 2.75) is 13.5 Å². The van der Waals surface area contributed by atoms with Crippen molar-refractivity contribution >= 4 is 34.7 Å². The van der Waals surface area contributed by atoms with Crippen LogP contribution in [-0.2, 0) is 6.54 Å². The molecular weight excluding hydrogens is 374 g/mol. The van der Waals surface area contributed by atoms with Gasteiger partial charge in [0, 0.05) is 12.1 Å². The van der Waals surface area contributed by atoms with Gasteiger partial charge in [-0.1, -0.05) is 30.3 Å². The van der Waals surface area contributed by atoms with Crippen LogP contribution in [0.2, 0.25) is 0 Å². The lowest BCUT2D eigenvalue weighted by Gasteiger charge is -2.11. The highest BCUT2D eigenvalue weighted by atomic mass is 32.1. The SMILES string of the molecule is Cc1cccc(NC(=O)c2ccc(CNC(=O)c3cccs3)cc2)c1C(N)=O. The van der Waals surface area contributed by atoms with Crippen LogP contribution >= 0.6 is 11.3 Å². The van der Waals surface area contributed by atoms with Crippen LogP contribution in [0, 0.1) is 6.92 Å². The third kappa shape index (κ3) is 4.44. The van der Waals surface area contributed by atoms with Crippen molar-refractivity contribution in [1.29, 1.82) is 0 Å². The molecule has 3 aromatic rings. The van der Waals surface area contributed by atoms with E-state index in [2.05, 4.69) is 10.6 Å². The van der Waals surface area contributed by atoms with Crippen LogP contribution < -0.4 is 16.4 Å². The van der Waals surface area contributed by atoms with Crippen LogP contribution in [0.25, 0.3) is 0 Å². The molecule has 0 fully saturated rings. The van der Waals surface area contributed by atoms with E-state index < -0.39 is 5.91 Å². The first-order chi connectivity index (χ1) is 13.5. The number of nitrogens with two attached hydrogens (primary N) is 1. The van der Waals surface area contributed by atoms with E-state index in [-0.39, 0.29) is 11.8 Å². The first kappa shape index (κ1) is 19.3. The number of anilines is 1.